The maximum absolute atomic E-state index is 13.2. The SMILES string of the molecule is CC(C)n1nc(C(=O)N[C@@H]2C[C@H]3CC[C@@H](C2)N3C[C@H](O)CNCS(C)(=O)=O)c2ccccc21. The maximum Gasteiger partial charge on any atom is 0.272 e. The molecule has 0 unspecified atom stereocenters. The highest BCUT2D eigenvalue weighted by Crippen LogP contribution is 2.36. The number of benzene rings is 1. The van der Waals surface area contributed by atoms with Gasteiger partial charge in [0.05, 0.1) is 17.5 Å². The molecule has 4 rings (SSSR count). The van der Waals surface area contributed by atoms with Crippen LogP contribution in [0.4, 0.5) is 0 Å². The smallest absolute Gasteiger partial charge is 0.272 e. The van der Waals surface area contributed by atoms with E-state index in [1.165, 1.54) is 6.26 Å². The van der Waals surface area contributed by atoms with Crippen LogP contribution in [0.3, 0.4) is 0 Å². The fraction of sp³-hybridized carbons (Fsp3) is 0.652. The summed E-state index contributed by atoms with van der Waals surface area (Å²) in [4.78, 5) is 15.5. The predicted molar refractivity (Wildman–Crippen MR) is 128 cm³/mol. The molecular formula is C23H35N5O4S. The number of aromatic nitrogens is 2. The number of para-hydroxylation sites is 1. The zero-order valence-corrected chi connectivity index (χ0v) is 20.4. The molecule has 2 aliphatic heterocycles. The summed E-state index contributed by atoms with van der Waals surface area (Å²) in [5.41, 5.74) is 1.44. The second-order valence-corrected chi connectivity index (χ2v) is 11.9. The average molecular weight is 478 g/mol. The van der Waals surface area contributed by atoms with Crippen molar-refractivity contribution in [3.63, 3.8) is 0 Å². The van der Waals surface area contributed by atoms with E-state index in [1.54, 1.807) is 0 Å². The molecule has 0 radical (unpaired) electrons. The molecule has 1 aromatic carbocycles. The van der Waals surface area contributed by atoms with Crippen molar-refractivity contribution in [2.75, 3.05) is 25.2 Å². The van der Waals surface area contributed by atoms with Crippen molar-refractivity contribution in [3.05, 3.63) is 30.0 Å². The van der Waals surface area contributed by atoms with Gasteiger partial charge in [0, 0.05) is 48.9 Å². The minimum absolute atomic E-state index is 0.0784. The molecule has 0 saturated carbocycles. The number of piperidine rings is 1. The molecule has 2 fully saturated rings. The fourth-order valence-electron chi connectivity index (χ4n) is 5.31. The lowest BCUT2D eigenvalue weighted by atomic mass is 9.96. The number of aliphatic hydroxyl groups excluding tert-OH is 1. The normalized spacial score (nSPS) is 24.5. The van der Waals surface area contributed by atoms with Crippen LogP contribution in [0.5, 0.6) is 0 Å². The molecule has 3 heterocycles. The Morgan fingerprint density at radius 2 is 1.88 bits per heavy atom. The second-order valence-electron chi connectivity index (χ2n) is 9.81. The molecular weight excluding hydrogens is 442 g/mol. The van der Waals surface area contributed by atoms with Crippen LogP contribution >= 0.6 is 0 Å². The van der Waals surface area contributed by atoms with Gasteiger partial charge in [0.25, 0.3) is 5.91 Å². The van der Waals surface area contributed by atoms with Gasteiger partial charge in [-0.3, -0.25) is 14.4 Å². The highest BCUT2D eigenvalue weighted by Gasteiger charge is 2.41. The average Bonchev–Trinajstić information content (AvgIpc) is 3.22. The van der Waals surface area contributed by atoms with Gasteiger partial charge in [-0.2, -0.15) is 5.10 Å². The van der Waals surface area contributed by atoms with Crippen molar-refractivity contribution in [1.82, 2.24) is 25.3 Å². The topological polar surface area (TPSA) is 117 Å². The van der Waals surface area contributed by atoms with E-state index in [1.807, 2.05) is 28.9 Å². The van der Waals surface area contributed by atoms with E-state index in [4.69, 9.17) is 0 Å². The molecule has 9 nitrogen and oxygen atoms in total. The van der Waals surface area contributed by atoms with Crippen molar-refractivity contribution >= 4 is 26.6 Å². The number of rotatable bonds is 9. The lowest BCUT2D eigenvalue weighted by molar-refractivity contribution is 0.0508. The van der Waals surface area contributed by atoms with Crippen LogP contribution in [-0.2, 0) is 9.84 Å². The lowest BCUT2D eigenvalue weighted by Gasteiger charge is -2.40. The van der Waals surface area contributed by atoms with E-state index in [-0.39, 0.29) is 30.4 Å². The number of sulfone groups is 1. The van der Waals surface area contributed by atoms with Crippen LogP contribution in [0, 0.1) is 0 Å². The molecule has 2 aromatic rings. The Morgan fingerprint density at radius 3 is 2.52 bits per heavy atom. The largest absolute Gasteiger partial charge is 0.390 e. The molecule has 2 saturated heterocycles. The van der Waals surface area contributed by atoms with Crippen molar-refractivity contribution in [2.45, 2.75) is 69.8 Å². The minimum atomic E-state index is -3.10. The summed E-state index contributed by atoms with van der Waals surface area (Å²) in [6.07, 6.45) is 4.31. The summed E-state index contributed by atoms with van der Waals surface area (Å²) in [7, 11) is -3.10. The van der Waals surface area contributed by atoms with Crippen molar-refractivity contribution in [1.29, 1.82) is 0 Å². The highest BCUT2D eigenvalue weighted by molar-refractivity contribution is 7.90. The van der Waals surface area contributed by atoms with Crippen LogP contribution in [0.15, 0.2) is 24.3 Å². The first-order chi connectivity index (χ1) is 15.6. The van der Waals surface area contributed by atoms with E-state index in [0.717, 1.165) is 36.6 Å². The van der Waals surface area contributed by atoms with Gasteiger partial charge >= 0.3 is 0 Å². The van der Waals surface area contributed by atoms with Crippen LogP contribution in [0.25, 0.3) is 10.9 Å². The first kappa shape index (κ1) is 24.1. The third kappa shape index (κ3) is 5.56. The van der Waals surface area contributed by atoms with Crippen molar-refractivity contribution < 1.29 is 18.3 Å². The lowest BCUT2D eigenvalue weighted by Crippen LogP contribution is -2.53. The maximum atomic E-state index is 13.2. The molecule has 4 atom stereocenters. The van der Waals surface area contributed by atoms with Gasteiger partial charge in [-0.25, -0.2) is 8.42 Å². The van der Waals surface area contributed by atoms with E-state index in [0.29, 0.717) is 24.3 Å². The Hall–Kier alpha value is -2.01. The van der Waals surface area contributed by atoms with Crippen LogP contribution in [0.1, 0.15) is 56.1 Å². The number of nitrogens with zero attached hydrogens (tertiary/aromatic N) is 3. The summed E-state index contributed by atoms with van der Waals surface area (Å²) in [5, 5.41) is 21.9. The summed E-state index contributed by atoms with van der Waals surface area (Å²) in [5.74, 6) is -0.264. The van der Waals surface area contributed by atoms with Crippen molar-refractivity contribution in [3.8, 4) is 0 Å². The van der Waals surface area contributed by atoms with E-state index in [2.05, 4.69) is 34.5 Å². The Kier molecular flexibility index (Phi) is 7.09. The molecule has 182 valence electrons. The van der Waals surface area contributed by atoms with Crippen LogP contribution in [0.2, 0.25) is 0 Å². The molecule has 33 heavy (non-hydrogen) atoms. The van der Waals surface area contributed by atoms with Gasteiger partial charge in [0.1, 0.15) is 0 Å². The number of amides is 1. The van der Waals surface area contributed by atoms with Crippen LogP contribution in [-0.4, -0.2) is 83.6 Å². The molecule has 1 amide bonds. The number of carbonyl (C=O) groups excluding carboxylic acids is 1. The Labute approximate surface area is 195 Å². The third-order valence-electron chi connectivity index (χ3n) is 6.70. The monoisotopic (exact) mass is 477 g/mol. The van der Waals surface area contributed by atoms with Gasteiger partial charge in [0.15, 0.2) is 15.5 Å². The highest BCUT2D eigenvalue weighted by atomic mass is 32.2. The molecule has 2 bridgehead atoms. The number of aliphatic hydroxyl groups is 1. The van der Waals surface area contributed by atoms with E-state index >= 15 is 0 Å². The summed E-state index contributed by atoms with van der Waals surface area (Å²) in [6.45, 7) is 4.87. The summed E-state index contributed by atoms with van der Waals surface area (Å²) in [6, 6.07) is 8.69. The van der Waals surface area contributed by atoms with E-state index < -0.39 is 15.9 Å². The predicted octanol–water partition coefficient (Wildman–Crippen LogP) is 1.30. The number of hydrogen-bond acceptors (Lipinski definition) is 7. The number of hydrogen-bond donors (Lipinski definition) is 3. The van der Waals surface area contributed by atoms with Crippen molar-refractivity contribution in [2.24, 2.45) is 0 Å². The van der Waals surface area contributed by atoms with Gasteiger partial charge in [-0.1, -0.05) is 18.2 Å². The molecule has 0 aliphatic carbocycles. The number of fused-ring (bicyclic) bond motifs is 3. The van der Waals surface area contributed by atoms with E-state index in [9.17, 15) is 18.3 Å². The second kappa shape index (κ2) is 9.69. The zero-order valence-electron chi connectivity index (χ0n) is 19.6. The summed E-state index contributed by atoms with van der Waals surface area (Å²) >= 11 is 0. The van der Waals surface area contributed by atoms with Crippen LogP contribution < -0.4 is 10.6 Å². The Morgan fingerprint density at radius 1 is 1.21 bits per heavy atom. The number of carbonyl (C=O) groups is 1. The molecule has 1 aromatic heterocycles. The molecule has 2 aliphatic rings. The molecule has 0 spiro atoms. The first-order valence-electron chi connectivity index (χ1n) is 11.7. The molecule has 10 heteroatoms. The van der Waals surface area contributed by atoms with Gasteiger partial charge in [0.2, 0.25) is 0 Å². The standard InChI is InChI=1S/C23H35N5O4S/c1-15(2)28-21-7-5-4-6-20(21)22(26-28)23(30)25-16-10-17-8-9-18(11-16)27(17)13-19(29)12-24-14-33(3,31)32/h4-7,15-19,24,29H,8-14H2,1-3H3,(H,25,30)/t16-,17-,18+,19-/m1/s1. The van der Waals surface area contributed by atoms with Gasteiger partial charge in [-0.05, 0) is 45.6 Å². The third-order valence-corrected chi connectivity index (χ3v) is 7.43. The molecule has 3 N–H and O–H groups in total. The minimum Gasteiger partial charge on any atom is -0.390 e. The zero-order chi connectivity index (χ0) is 23.8. The van der Waals surface area contributed by atoms with Gasteiger partial charge < -0.3 is 15.7 Å². The van der Waals surface area contributed by atoms with Gasteiger partial charge in [-0.15, -0.1) is 0 Å². The number of nitrogens with one attached hydrogen (secondary N) is 2. The first-order valence-corrected chi connectivity index (χ1v) is 13.8. The Bertz CT molecular complexity index is 1090. The fourth-order valence-corrected chi connectivity index (χ4v) is 5.80. The Balaban J connectivity index is 1.36. The quantitative estimate of drug-likeness (QED) is 0.498. The summed E-state index contributed by atoms with van der Waals surface area (Å²) < 4.78 is 24.4.